The highest BCUT2D eigenvalue weighted by Gasteiger charge is 2.26. The molecular formula is C13H19NO3. The number of nitrogens with one attached hydrogen (secondary N) is 1. The first-order valence-corrected chi connectivity index (χ1v) is 5.72. The van der Waals surface area contributed by atoms with Gasteiger partial charge in [0.1, 0.15) is 6.04 Å². The van der Waals surface area contributed by atoms with E-state index in [0.717, 1.165) is 5.56 Å². The lowest BCUT2D eigenvalue weighted by Crippen LogP contribution is -2.46. The van der Waals surface area contributed by atoms with E-state index in [4.69, 9.17) is 9.84 Å². The van der Waals surface area contributed by atoms with Gasteiger partial charge in [-0.2, -0.15) is 0 Å². The van der Waals surface area contributed by atoms with Gasteiger partial charge in [-0.25, -0.2) is 0 Å². The van der Waals surface area contributed by atoms with E-state index >= 15 is 0 Å². The van der Waals surface area contributed by atoms with Crippen LogP contribution in [0.1, 0.15) is 18.9 Å². The average molecular weight is 237 g/mol. The van der Waals surface area contributed by atoms with Crippen LogP contribution in [-0.2, 0) is 16.1 Å². The molecule has 4 heteroatoms. The molecule has 0 aliphatic rings. The molecule has 0 aromatic heterocycles. The van der Waals surface area contributed by atoms with E-state index < -0.39 is 12.0 Å². The normalized spacial score (nSPS) is 14.2. The van der Waals surface area contributed by atoms with E-state index in [2.05, 4.69) is 5.32 Å². The molecule has 0 radical (unpaired) electrons. The van der Waals surface area contributed by atoms with Crippen molar-refractivity contribution < 1.29 is 14.6 Å². The Labute approximate surface area is 102 Å². The van der Waals surface area contributed by atoms with Gasteiger partial charge in [0.15, 0.2) is 0 Å². The second-order valence-electron chi connectivity index (χ2n) is 3.86. The molecule has 0 amide bonds. The van der Waals surface area contributed by atoms with Gasteiger partial charge < -0.3 is 9.84 Å². The Kier molecular flexibility index (Phi) is 5.66. The fraction of sp³-hybridized carbons (Fsp3) is 0.462. The minimum absolute atomic E-state index is 0.309. The number of hydrogen-bond donors (Lipinski definition) is 2. The van der Waals surface area contributed by atoms with Gasteiger partial charge in [0, 0.05) is 13.7 Å². The number of carboxylic acids is 1. The van der Waals surface area contributed by atoms with E-state index in [1.165, 1.54) is 7.11 Å². The summed E-state index contributed by atoms with van der Waals surface area (Å²) in [4.78, 5) is 11.1. The van der Waals surface area contributed by atoms with Crippen LogP contribution in [0.2, 0.25) is 0 Å². The Hall–Kier alpha value is -1.39. The third-order valence-electron chi connectivity index (χ3n) is 2.71. The molecule has 4 nitrogen and oxygen atoms in total. The Morgan fingerprint density at radius 3 is 2.53 bits per heavy atom. The molecule has 1 aromatic rings. The van der Waals surface area contributed by atoms with Crippen molar-refractivity contribution in [3.05, 3.63) is 35.9 Å². The Bertz CT molecular complexity index is 336. The van der Waals surface area contributed by atoms with E-state index in [-0.39, 0.29) is 6.10 Å². The minimum Gasteiger partial charge on any atom is -0.480 e. The van der Waals surface area contributed by atoms with Crippen LogP contribution in [0.5, 0.6) is 0 Å². The second-order valence-corrected chi connectivity index (χ2v) is 3.86. The van der Waals surface area contributed by atoms with Gasteiger partial charge in [0.2, 0.25) is 0 Å². The smallest absolute Gasteiger partial charge is 0.323 e. The number of methoxy groups -OCH3 is 1. The minimum atomic E-state index is -0.880. The zero-order valence-corrected chi connectivity index (χ0v) is 10.2. The zero-order valence-electron chi connectivity index (χ0n) is 10.2. The summed E-state index contributed by atoms with van der Waals surface area (Å²) in [7, 11) is 1.54. The number of carboxylic acid groups (broad SMARTS) is 1. The van der Waals surface area contributed by atoms with E-state index in [1.807, 2.05) is 37.3 Å². The number of ether oxygens (including phenoxy) is 1. The van der Waals surface area contributed by atoms with Crippen molar-refractivity contribution in [3.63, 3.8) is 0 Å². The van der Waals surface area contributed by atoms with Crippen molar-refractivity contribution in [3.8, 4) is 0 Å². The molecule has 0 aliphatic heterocycles. The maximum absolute atomic E-state index is 11.1. The van der Waals surface area contributed by atoms with Crippen molar-refractivity contribution >= 4 is 5.97 Å². The second kappa shape index (κ2) is 7.04. The highest BCUT2D eigenvalue weighted by Crippen LogP contribution is 2.06. The van der Waals surface area contributed by atoms with Crippen LogP contribution in [0.25, 0.3) is 0 Å². The fourth-order valence-electron chi connectivity index (χ4n) is 1.74. The summed E-state index contributed by atoms with van der Waals surface area (Å²) in [6.07, 6.45) is 0.353. The predicted molar refractivity (Wildman–Crippen MR) is 65.8 cm³/mol. The van der Waals surface area contributed by atoms with Gasteiger partial charge >= 0.3 is 5.97 Å². The monoisotopic (exact) mass is 237 g/mol. The lowest BCUT2D eigenvalue weighted by Gasteiger charge is -2.22. The van der Waals surface area contributed by atoms with Crippen LogP contribution in [0.15, 0.2) is 30.3 Å². The lowest BCUT2D eigenvalue weighted by molar-refractivity contribution is -0.143. The van der Waals surface area contributed by atoms with Crippen LogP contribution in [0, 0.1) is 0 Å². The number of aliphatic carboxylic acids is 1. The van der Waals surface area contributed by atoms with Crippen LogP contribution in [0.3, 0.4) is 0 Å². The molecular weight excluding hydrogens is 218 g/mol. The summed E-state index contributed by atoms with van der Waals surface area (Å²) in [5, 5.41) is 12.2. The predicted octanol–water partition coefficient (Wildman–Crippen LogP) is 1.65. The summed E-state index contributed by atoms with van der Waals surface area (Å²) < 4.78 is 5.17. The maximum Gasteiger partial charge on any atom is 0.323 e. The first-order chi connectivity index (χ1) is 8.19. The zero-order chi connectivity index (χ0) is 12.7. The van der Waals surface area contributed by atoms with Gasteiger partial charge in [-0.15, -0.1) is 0 Å². The first-order valence-electron chi connectivity index (χ1n) is 5.72. The highest BCUT2D eigenvalue weighted by atomic mass is 16.5. The number of carbonyl (C=O) groups is 1. The largest absolute Gasteiger partial charge is 0.480 e. The molecule has 2 atom stereocenters. The van der Waals surface area contributed by atoms with Crippen LogP contribution in [0.4, 0.5) is 0 Å². The molecule has 2 N–H and O–H groups in total. The number of rotatable bonds is 7. The van der Waals surface area contributed by atoms with Gasteiger partial charge in [-0.05, 0) is 12.0 Å². The molecule has 94 valence electrons. The maximum atomic E-state index is 11.1. The molecule has 0 heterocycles. The van der Waals surface area contributed by atoms with Gasteiger partial charge in [0.25, 0.3) is 0 Å². The first kappa shape index (κ1) is 13.7. The molecule has 0 fully saturated rings. The molecule has 2 unspecified atom stereocenters. The van der Waals surface area contributed by atoms with Gasteiger partial charge in [0.05, 0.1) is 6.10 Å². The topological polar surface area (TPSA) is 58.6 Å². The molecule has 0 bridgehead atoms. The quantitative estimate of drug-likeness (QED) is 0.757. The van der Waals surface area contributed by atoms with Crippen LogP contribution in [-0.4, -0.2) is 30.3 Å². The molecule has 0 aliphatic carbocycles. The molecule has 0 saturated carbocycles. The van der Waals surface area contributed by atoms with Crippen LogP contribution >= 0.6 is 0 Å². The third-order valence-corrected chi connectivity index (χ3v) is 2.71. The standard InChI is InChI=1S/C13H19NO3/c1-3-11(17-2)12(13(15)16)14-9-10-7-5-4-6-8-10/h4-8,11-12,14H,3,9H2,1-2H3,(H,15,16). The summed E-state index contributed by atoms with van der Waals surface area (Å²) in [6, 6.07) is 9.03. The summed E-state index contributed by atoms with van der Waals surface area (Å²) >= 11 is 0. The fourth-order valence-corrected chi connectivity index (χ4v) is 1.74. The Balaban J connectivity index is 2.59. The Morgan fingerprint density at radius 2 is 2.06 bits per heavy atom. The summed E-state index contributed by atoms with van der Waals surface area (Å²) in [6.45, 7) is 2.44. The third kappa shape index (κ3) is 4.17. The van der Waals surface area contributed by atoms with Crippen LogP contribution < -0.4 is 5.32 Å². The van der Waals surface area contributed by atoms with Crippen molar-refractivity contribution in [1.29, 1.82) is 0 Å². The number of benzene rings is 1. The van der Waals surface area contributed by atoms with E-state index in [1.54, 1.807) is 0 Å². The average Bonchev–Trinajstić information content (AvgIpc) is 2.35. The van der Waals surface area contributed by atoms with E-state index in [0.29, 0.717) is 13.0 Å². The molecule has 1 aromatic carbocycles. The Morgan fingerprint density at radius 1 is 1.41 bits per heavy atom. The van der Waals surface area contributed by atoms with Gasteiger partial charge in [-0.1, -0.05) is 37.3 Å². The highest BCUT2D eigenvalue weighted by molar-refractivity contribution is 5.74. The summed E-state index contributed by atoms with van der Waals surface area (Å²) in [5.74, 6) is -0.880. The molecule has 17 heavy (non-hydrogen) atoms. The summed E-state index contributed by atoms with van der Waals surface area (Å²) in [5.41, 5.74) is 1.06. The van der Waals surface area contributed by atoms with E-state index in [9.17, 15) is 4.79 Å². The van der Waals surface area contributed by atoms with Crippen molar-refractivity contribution in [2.75, 3.05) is 7.11 Å². The van der Waals surface area contributed by atoms with Crippen molar-refractivity contribution in [1.82, 2.24) is 5.32 Å². The molecule has 0 spiro atoms. The molecule has 0 saturated heterocycles. The number of hydrogen-bond acceptors (Lipinski definition) is 3. The van der Waals surface area contributed by atoms with Crippen molar-refractivity contribution in [2.45, 2.75) is 32.0 Å². The van der Waals surface area contributed by atoms with Crippen molar-refractivity contribution in [2.24, 2.45) is 0 Å². The SMILES string of the molecule is CCC(OC)C(NCc1ccccc1)C(=O)O. The van der Waals surface area contributed by atoms with Gasteiger partial charge in [-0.3, -0.25) is 10.1 Å². The molecule has 1 rings (SSSR count). The lowest BCUT2D eigenvalue weighted by atomic mass is 10.1.